The minimum absolute atomic E-state index is 0. The monoisotopic (exact) mass is 562 g/mol. The molecule has 3 aliphatic rings. The zero-order chi connectivity index (χ0) is 27.0. The van der Waals surface area contributed by atoms with Gasteiger partial charge < -0.3 is 9.13 Å². The molecule has 0 spiro atoms. The first-order chi connectivity index (χ1) is 19.6. The van der Waals surface area contributed by atoms with E-state index in [-0.39, 0.29) is 24.2 Å². The zero-order valence-corrected chi connectivity index (χ0v) is 23.7. The van der Waals surface area contributed by atoms with E-state index in [0.717, 1.165) is 65.5 Å². The van der Waals surface area contributed by atoms with Gasteiger partial charge in [-0.1, -0.05) is 66.7 Å². The standard InChI is InChI=1S/C34H30N4O2.ClH/c1-36-20-26(24-11-5-7-13-27(24)36)31-32(34(40)35-33(31)39)30-25-12-6-8-14-28(25)38-19-23-18-37(17-22(23)15-29(30)38)16-21-9-3-2-4-10-21;/h2-14,20,22-23H,15-19H2,1H3,(H,35,39,40);1H. The van der Waals surface area contributed by atoms with Gasteiger partial charge in [0.25, 0.3) is 11.8 Å². The van der Waals surface area contributed by atoms with Gasteiger partial charge in [0, 0.05) is 78.1 Å². The highest BCUT2D eigenvalue weighted by Crippen LogP contribution is 2.45. The molecule has 3 aromatic carbocycles. The van der Waals surface area contributed by atoms with Crippen LogP contribution >= 0.6 is 12.4 Å². The number of hydrogen-bond acceptors (Lipinski definition) is 3. The average Bonchev–Trinajstić information content (AvgIpc) is 3.68. The van der Waals surface area contributed by atoms with Crippen LogP contribution in [0.15, 0.2) is 85.1 Å². The fourth-order valence-corrected chi connectivity index (χ4v) is 7.48. The molecule has 2 amide bonds. The first-order valence-corrected chi connectivity index (χ1v) is 14.1. The maximum absolute atomic E-state index is 13.6. The van der Waals surface area contributed by atoms with E-state index in [1.165, 1.54) is 11.3 Å². The number of nitrogens with one attached hydrogen (secondary N) is 1. The number of halogens is 1. The van der Waals surface area contributed by atoms with E-state index >= 15 is 0 Å². The molecule has 2 aromatic heterocycles. The van der Waals surface area contributed by atoms with E-state index < -0.39 is 0 Å². The number of aromatic nitrogens is 2. The van der Waals surface area contributed by atoms with Crippen molar-refractivity contribution in [2.75, 3.05) is 13.1 Å². The molecule has 3 aliphatic heterocycles. The Morgan fingerprint density at radius 3 is 2.22 bits per heavy atom. The summed E-state index contributed by atoms with van der Waals surface area (Å²) in [6, 6.07) is 27.1. The van der Waals surface area contributed by atoms with E-state index in [9.17, 15) is 9.59 Å². The number of benzene rings is 3. The van der Waals surface area contributed by atoms with Crippen LogP contribution in [0.3, 0.4) is 0 Å². The molecule has 1 N–H and O–H groups in total. The van der Waals surface area contributed by atoms with Crippen LogP contribution in [0.2, 0.25) is 0 Å². The first kappa shape index (κ1) is 25.8. The summed E-state index contributed by atoms with van der Waals surface area (Å²) in [5.74, 6) is 0.460. The van der Waals surface area contributed by atoms with Crippen molar-refractivity contribution in [2.45, 2.75) is 19.5 Å². The van der Waals surface area contributed by atoms with E-state index in [0.29, 0.717) is 23.0 Å². The van der Waals surface area contributed by atoms with Gasteiger partial charge in [-0.25, -0.2) is 0 Å². The molecular weight excluding hydrogens is 532 g/mol. The lowest BCUT2D eigenvalue weighted by molar-refractivity contribution is -0.122. The van der Waals surface area contributed by atoms with Crippen molar-refractivity contribution in [2.24, 2.45) is 18.9 Å². The minimum atomic E-state index is -0.316. The Balaban J connectivity index is 0.00000276. The maximum Gasteiger partial charge on any atom is 0.259 e. The number of hydrogen-bond donors (Lipinski definition) is 1. The molecule has 0 radical (unpaired) electrons. The Bertz CT molecular complexity index is 1880. The van der Waals surface area contributed by atoms with Gasteiger partial charge >= 0.3 is 0 Å². The van der Waals surface area contributed by atoms with Gasteiger partial charge in [-0.3, -0.25) is 19.8 Å². The Labute approximate surface area is 244 Å². The zero-order valence-electron chi connectivity index (χ0n) is 22.8. The van der Waals surface area contributed by atoms with Gasteiger partial charge in [-0.15, -0.1) is 12.4 Å². The van der Waals surface area contributed by atoms with Crippen molar-refractivity contribution < 1.29 is 9.59 Å². The van der Waals surface area contributed by atoms with Gasteiger partial charge in [0.05, 0.1) is 11.1 Å². The van der Waals surface area contributed by atoms with Crippen molar-refractivity contribution in [3.8, 4) is 0 Å². The van der Waals surface area contributed by atoms with Gasteiger partial charge in [-0.2, -0.15) is 0 Å². The smallest absolute Gasteiger partial charge is 0.259 e. The van der Waals surface area contributed by atoms with Gasteiger partial charge in [0.2, 0.25) is 0 Å². The fraction of sp³-hybridized carbons (Fsp3) is 0.235. The number of amides is 2. The molecule has 0 saturated carbocycles. The second-order valence-electron chi connectivity index (χ2n) is 11.6. The topological polar surface area (TPSA) is 59.3 Å². The van der Waals surface area contributed by atoms with Crippen molar-refractivity contribution >= 4 is 57.2 Å². The summed E-state index contributed by atoms with van der Waals surface area (Å²) >= 11 is 0. The van der Waals surface area contributed by atoms with Gasteiger partial charge in [0.15, 0.2) is 0 Å². The SMILES string of the molecule is Cl.Cn1cc(C2=C(c3c4n(c5ccccc35)CC3CN(Cc5ccccc5)CC3C4)C(=O)NC2=O)c2ccccc21. The van der Waals surface area contributed by atoms with E-state index in [1.807, 2.05) is 48.1 Å². The minimum Gasteiger partial charge on any atom is -0.350 e. The summed E-state index contributed by atoms with van der Waals surface area (Å²) in [5.41, 5.74) is 7.45. The molecule has 206 valence electrons. The molecule has 0 aliphatic carbocycles. The average molecular weight is 563 g/mol. The van der Waals surface area contributed by atoms with Crippen LogP contribution in [0.4, 0.5) is 0 Å². The number of fused-ring (bicyclic) bond motifs is 5. The number of rotatable bonds is 4. The summed E-state index contributed by atoms with van der Waals surface area (Å²) in [7, 11) is 1.98. The maximum atomic E-state index is 13.6. The van der Waals surface area contributed by atoms with Crippen LogP contribution in [0.1, 0.15) is 22.4 Å². The van der Waals surface area contributed by atoms with Gasteiger partial charge in [-0.05, 0) is 36.0 Å². The molecule has 7 heteroatoms. The first-order valence-electron chi connectivity index (χ1n) is 14.1. The Morgan fingerprint density at radius 2 is 1.41 bits per heavy atom. The van der Waals surface area contributed by atoms with E-state index in [1.54, 1.807) is 0 Å². The van der Waals surface area contributed by atoms with Crippen LogP contribution in [-0.2, 0) is 36.1 Å². The third kappa shape index (κ3) is 3.97. The number of aryl methyl sites for hydroxylation is 1. The normalized spacial score (nSPS) is 20.4. The molecule has 1 saturated heterocycles. The molecule has 2 atom stereocenters. The van der Waals surface area contributed by atoms with Crippen LogP contribution in [0.25, 0.3) is 33.0 Å². The number of para-hydroxylation sites is 2. The number of carbonyl (C=O) groups excluding carboxylic acids is 2. The highest BCUT2D eigenvalue weighted by molar-refractivity contribution is 6.51. The van der Waals surface area contributed by atoms with E-state index in [2.05, 4.69) is 63.3 Å². The van der Waals surface area contributed by atoms with Crippen LogP contribution in [0.5, 0.6) is 0 Å². The predicted molar refractivity (Wildman–Crippen MR) is 164 cm³/mol. The summed E-state index contributed by atoms with van der Waals surface area (Å²) in [6.45, 7) is 4.01. The molecular formula is C34H31ClN4O2. The highest BCUT2D eigenvalue weighted by atomic mass is 35.5. The second-order valence-corrected chi connectivity index (χ2v) is 11.6. The van der Waals surface area contributed by atoms with Crippen molar-refractivity contribution in [3.63, 3.8) is 0 Å². The Morgan fingerprint density at radius 1 is 0.756 bits per heavy atom. The van der Waals surface area contributed by atoms with Crippen molar-refractivity contribution in [3.05, 3.63) is 107 Å². The summed E-state index contributed by atoms with van der Waals surface area (Å²) in [5, 5.41) is 4.68. The van der Waals surface area contributed by atoms with Crippen LogP contribution < -0.4 is 5.32 Å². The van der Waals surface area contributed by atoms with Crippen LogP contribution in [-0.4, -0.2) is 38.9 Å². The van der Waals surface area contributed by atoms with Crippen LogP contribution in [0, 0.1) is 11.8 Å². The van der Waals surface area contributed by atoms with Crippen molar-refractivity contribution in [1.29, 1.82) is 0 Å². The quantitative estimate of drug-likeness (QED) is 0.297. The Hall–Kier alpha value is -4.13. The largest absolute Gasteiger partial charge is 0.350 e. The summed E-state index contributed by atoms with van der Waals surface area (Å²) in [6.07, 6.45) is 2.88. The Kier molecular flexibility index (Phi) is 6.14. The number of imide groups is 1. The molecule has 8 rings (SSSR count). The molecule has 2 unspecified atom stereocenters. The predicted octanol–water partition coefficient (Wildman–Crippen LogP) is 5.43. The summed E-state index contributed by atoms with van der Waals surface area (Å²) in [4.78, 5) is 29.6. The van der Waals surface area contributed by atoms with Gasteiger partial charge in [0.1, 0.15) is 0 Å². The lowest BCUT2D eigenvalue weighted by Gasteiger charge is -2.28. The third-order valence-corrected chi connectivity index (χ3v) is 9.20. The lowest BCUT2D eigenvalue weighted by Crippen LogP contribution is -2.28. The fourth-order valence-electron chi connectivity index (χ4n) is 7.48. The number of likely N-dealkylation sites (tertiary alicyclic amines) is 1. The molecule has 6 nitrogen and oxygen atoms in total. The summed E-state index contributed by atoms with van der Waals surface area (Å²) < 4.78 is 4.46. The third-order valence-electron chi connectivity index (χ3n) is 9.20. The molecule has 5 heterocycles. The molecule has 41 heavy (non-hydrogen) atoms. The highest BCUT2D eigenvalue weighted by Gasteiger charge is 2.42. The lowest BCUT2D eigenvalue weighted by atomic mass is 9.85. The second kappa shape index (κ2) is 9.75. The van der Waals surface area contributed by atoms with Crippen molar-refractivity contribution in [1.82, 2.24) is 19.4 Å². The number of carbonyl (C=O) groups is 2. The number of nitrogens with zero attached hydrogens (tertiary/aromatic N) is 3. The molecule has 1 fully saturated rings. The molecule has 5 aromatic rings. The van der Waals surface area contributed by atoms with E-state index in [4.69, 9.17) is 0 Å². The molecule has 0 bridgehead atoms.